The van der Waals surface area contributed by atoms with E-state index in [4.69, 9.17) is 30.9 Å². The van der Waals surface area contributed by atoms with Crippen LogP contribution in [-0.2, 0) is 19.1 Å². The van der Waals surface area contributed by atoms with Crippen molar-refractivity contribution in [2.45, 2.75) is 70.4 Å². The topological polar surface area (TPSA) is 196 Å². The van der Waals surface area contributed by atoms with Gasteiger partial charge >= 0.3 is 23.9 Å². The second-order valence-electron chi connectivity index (χ2n) is 7.94. The maximum absolute atomic E-state index is 11.8. The van der Waals surface area contributed by atoms with Crippen LogP contribution in [0.4, 0.5) is 5.69 Å². The maximum Gasteiger partial charge on any atom is 0.338 e. The second kappa shape index (κ2) is 16.4. The summed E-state index contributed by atoms with van der Waals surface area (Å²) in [6.45, 7) is 5.48. The molecular weight excluding hydrogens is 448 g/mol. The minimum atomic E-state index is -2.74. The van der Waals surface area contributed by atoms with Crippen molar-refractivity contribution in [1.29, 1.82) is 0 Å². The average Bonchev–Trinajstić information content (AvgIpc) is 2.74. The molecule has 11 nitrogen and oxygen atoms in total. The Bertz CT molecular complexity index is 765. The Morgan fingerprint density at radius 1 is 1.00 bits per heavy atom. The highest BCUT2D eigenvalue weighted by Crippen LogP contribution is 2.15. The van der Waals surface area contributed by atoms with E-state index in [9.17, 15) is 19.2 Å². The lowest BCUT2D eigenvalue weighted by atomic mass is 9.96. The molecule has 0 radical (unpaired) electrons. The Morgan fingerprint density at radius 3 is 2.03 bits per heavy atom. The van der Waals surface area contributed by atoms with Crippen LogP contribution in [0.2, 0.25) is 0 Å². The van der Waals surface area contributed by atoms with Crippen molar-refractivity contribution in [2.75, 3.05) is 18.9 Å². The van der Waals surface area contributed by atoms with Gasteiger partial charge in [0.1, 0.15) is 6.61 Å². The maximum atomic E-state index is 11.8. The van der Waals surface area contributed by atoms with Gasteiger partial charge in [0.25, 0.3) is 0 Å². The smallest absolute Gasteiger partial charge is 0.338 e. The molecule has 0 aliphatic carbocycles. The van der Waals surface area contributed by atoms with Crippen LogP contribution >= 0.6 is 0 Å². The Morgan fingerprint density at radius 2 is 1.56 bits per heavy atom. The van der Waals surface area contributed by atoms with Crippen LogP contribution < -0.4 is 11.1 Å². The number of esters is 1. The van der Waals surface area contributed by atoms with Gasteiger partial charge < -0.3 is 36.2 Å². The molecule has 1 aromatic rings. The number of nitrogens with two attached hydrogens (primary N) is 1. The third-order valence-electron chi connectivity index (χ3n) is 4.75. The predicted molar refractivity (Wildman–Crippen MR) is 124 cm³/mol. The van der Waals surface area contributed by atoms with E-state index in [2.05, 4.69) is 19.2 Å². The first kappa shape index (κ1) is 30.8. The molecule has 1 rings (SSSR count). The van der Waals surface area contributed by atoms with Gasteiger partial charge in [-0.1, -0.05) is 32.6 Å². The van der Waals surface area contributed by atoms with Crippen molar-refractivity contribution in [3.8, 4) is 0 Å². The van der Waals surface area contributed by atoms with Crippen LogP contribution in [0.1, 0.15) is 69.2 Å². The molecule has 0 aliphatic rings. The summed E-state index contributed by atoms with van der Waals surface area (Å²) >= 11 is 0. The fourth-order valence-electron chi connectivity index (χ4n) is 2.85. The van der Waals surface area contributed by atoms with Crippen LogP contribution in [0.25, 0.3) is 0 Å². The van der Waals surface area contributed by atoms with E-state index in [-0.39, 0.29) is 5.97 Å². The number of carboxylic acids is 3. The van der Waals surface area contributed by atoms with Gasteiger partial charge in [0, 0.05) is 18.3 Å². The van der Waals surface area contributed by atoms with Crippen molar-refractivity contribution in [3.05, 3.63) is 29.8 Å². The van der Waals surface area contributed by atoms with Crippen molar-refractivity contribution in [3.63, 3.8) is 0 Å². The summed E-state index contributed by atoms with van der Waals surface area (Å²) in [6, 6.07) is 7.24. The Balaban J connectivity index is 0.000000722. The number of carboxylic acid groups (broad SMARTS) is 3. The number of aliphatic carboxylic acids is 3. The quantitative estimate of drug-likeness (QED) is 0.121. The standard InChI is InChI=1S/C17H28N2O2.C6H8O7/c1-3-4-5-6-7-14(2)19-12-13-21-17(20)15-8-10-16(18)11-9-15;7-3(8)1-6(13,5(11)12)2-4(9)10/h8-11,14,19H,3-7,12-13,18H2,1-2H3;13H,1-2H2,(H,7,8)(H,9,10)(H,11,12). The highest BCUT2D eigenvalue weighted by molar-refractivity contribution is 5.89. The molecule has 0 aliphatic heterocycles. The molecule has 0 amide bonds. The van der Waals surface area contributed by atoms with Crippen LogP contribution in [0.5, 0.6) is 0 Å². The normalized spacial score (nSPS) is 11.6. The summed E-state index contributed by atoms with van der Waals surface area (Å²) < 4.78 is 5.22. The Labute approximate surface area is 198 Å². The lowest BCUT2D eigenvalue weighted by Gasteiger charge is -2.18. The molecule has 0 saturated carbocycles. The van der Waals surface area contributed by atoms with E-state index in [0.29, 0.717) is 30.4 Å². The number of nitrogens with one attached hydrogen (secondary N) is 1. The lowest BCUT2D eigenvalue weighted by molar-refractivity contribution is -0.170. The van der Waals surface area contributed by atoms with Crippen molar-refractivity contribution < 1.29 is 44.3 Å². The van der Waals surface area contributed by atoms with Crippen molar-refractivity contribution in [2.24, 2.45) is 0 Å². The number of carbonyl (C=O) groups is 4. The zero-order chi connectivity index (χ0) is 26.1. The number of hydrogen-bond acceptors (Lipinski definition) is 8. The number of hydrogen-bond donors (Lipinski definition) is 6. The SMILES string of the molecule is CCCCCCC(C)NCCOC(=O)c1ccc(N)cc1.O=C(O)CC(O)(CC(=O)O)C(=O)O. The molecule has 0 saturated heterocycles. The molecule has 0 fully saturated rings. The van der Waals surface area contributed by atoms with Crippen molar-refractivity contribution >= 4 is 29.6 Å². The van der Waals surface area contributed by atoms with E-state index in [1.165, 1.54) is 32.1 Å². The molecule has 34 heavy (non-hydrogen) atoms. The van der Waals surface area contributed by atoms with Crippen LogP contribution in [0.3, 0.4) is 0 Å². The fraction of sp³-hybridized carbons (Fsp3) is 0.565. The zero-order valence-electron chi connectivity index (χ0n) is 19.7. The summed E-state index contributed by atoms with van der Waals surface area (Å²) in [5, 5.41) is 37.2. The fourth-order valence-corrected chi connectivity index (χ4v) is 2.85. The summed E-state index contributed by atoms with van der Waals surface area (Å²) in [7, 11) is 0. The summed E-state index contributed by atoms with van der Waals surface area (Å²) in [5.74, 6) is -5.32. The molecule has 11 heteroatoms. The van der Waals surface area contributed by atoms with Crippen LogP contribution in [0.15, 0.2) is 24.3 Å². The molecule has 0 heterocycles. The van der Waals surface area contributed by atoms with E-state index >= 15 is 0 Å². The molecule has 0 bridgehead atoms. The van der Waals surface area contributed by atoms with Gasteiger partial charge in [-0.2, -0.15) is 0 Å². The van der Waals surface area contributed by atoms with Gasteiger partial charge in [-0.15, -0.1) is 0 Å². The minimum Gasteiger partial charge on any atom is -0.481 e. The molecule has 1 atom stereocenters. The van der Waals surface area contributed by atoms with E-state index < -0.39 is 36.4 Å². The minimum absolute atomic E-state index is 0.299. The number of ether oxygens (including phenoxy) is 1. The third kappa shape index (κ3) is 14.1. The van der Waals surface area contributed by atoms with Crippen LogP contribution in [-0.4, -0.2) is 69.1 Å². The number of nitrogen functional groups attached to an aromatic ring is 1. The summed E-state index contributed by atoms with van der Waals surface area (Å²) in [5.41, 5.74) is 4.02. The number of anilines is 1. The van der Waals surface area contributed by atoms with Gasteiger partial charge in [0.15, 0.2) is 5.60 Å². The van der Waals surface area contributed by atoms with Gasteiger partial charge in [0.05, 0.1) is 18.4 Å². The number of benzene rings is 1. The highest BCUT2D eigenvalue weighted by atomic mass is 16.5. The lowest BCUT2D eigenvalue weighted by Crippen LogP contribution is -2.42. The first-order valence-corrected chi connectivity index (χ1v) is 11.1. The molecule has 192 valence electrons. The van der Waals surface area contributed by atoms with Crippen LogP contribution in [0, 0.1) is 0 Å². The van der Waals surface area contributed by atoms with E-state index in [1.54, 1.807) is 24.3 Å². The first-order chi connectivity index (χ1) is 15.9. The second-order valence-corrected chi connectivity index (χ2v) is 7.94. The highest BCUT2D eigenvalue weighted by Gasteiger charge is 2.40. The van der Waals surface area contributed by atoms with Gasteiger partial charge in [-0.05, 0) is 37.6 Å². The van der Waals surface area contributed by atoms with E-state index in [1.807, 2.05) is 0 Å². The third-order valence-corrected chi connectivity index (χ3v) is 4.75. The Kier molecular flexibility index (Phi) is 14.9. The number of rotatable bonds is 15. The van der Waals surface area contributed by atoms with Gasteiger partial charge in [-0.25, -0.2) is 9.59 Å². The molecular formula is C23H36N2O9. The number of aliphatic hydroxyl groups is 1. The zero-order valence-corrected chi connectivity index (χ0v) is 19.7. The molecule has 0 aromatic heterocycles. The molecule has 0 spiro atoms. The van der Waals surface area contributed by atoms with Crippen molar-refractivity contribution in [1.82, 2.24) is 5.32 Å². The van der Waals surface area contributed by atoms with Gasteiger partial charge in [0.2, 0.25) is 0 Å². The van der Waals surface area contributed by atoms with E-state index in [0.717, 1.165) is 0 Å². The predicted octanol–water partition coefficient (Wildman–Crippen LogP) is 2.13. The monoisotopic (exact) mass is 484 g/mol. The Hall–Kier alpha value is -3.18. The molecule has 1 unspecified atom stereocenters. The summed E-state index contributed by atoms with van der Waals surface area (Å²) in [4.78, 5) is 42.2. The number of carbonyl (C=O) groups excluding carboxylic acids is 1. The first-order valence-electron chi connectivity index (χ1n) is 11.1. The van der Waals surface area contributed by atoms with Gasteiger partial charge in [-0.3, -0.25) is 9.59 Å². The number of unbranched alkanes of at least 4 members (excludes halogenated alkanes) is 3. The molecule has 7 N–H and O–H groups in total. The molecule has 1 aromatic carbocycles. The largest absolute Gasteiger partial charge is 0.481 e. The summed E-state index contributed by atoms with van der Waals surface area (Å²) in [6.07, 6.45) is 4.02. The average molecular weight is 485 g/mol.